The summed E-state index contributed by atoms with van der Waals surface area (Å²) in [5.41, 5.74) is -1.15. The topological polar surface area (TPSA) is 93.1 Å². The van der Waals surface area contributed by atoms with Crippen LogP contribution in [0.15, 0.2) is 12.7 Å². The molecule has 0 aliphatic heterocycles. The van der Waals surface area contributed by atoms with Crippen LogP contribution in [-0.2, 0) is 18.6 Å². The first-order valence-corrected chi connectivity index (χ1v) is 5.71. The van der Waals surface area contributed by atoms with Gasteiger partial charge in [0, 0.05) is 6.08 Å². The third-order valence-electron chi connectivity index (χ3n) is 1.80. The predicted molar refractivity (Wildman–Crippen MR) is 53.0 cm³/mol. The number of carbonyl (C=O) groups is 1. The van der Waals surface area contributed by atoms with Crippen LogP contribution in [-0.4, -0.2) is 27.5 Å². The van der Waals surface area contributed by atoms with Gasteiger partial charge in [-0.15, -0.1) is 0 Å². The van der Waals surface area contributed by atoms with Crippen LogP contribution in [0.2, 0.25) is 0 Å². The number of phosphoric ester groups is 1. The SMILES string of the molecule is C=CC(=O)OC(C)(C)C(C)OP(=O)(O)O. The van der Waals surface area contributed by atoms with Crippen molar-refractivity contribution >= 4 is 13.8 Å². The number of ether oxygens (including phenoxy) is 1. The Kier molecular flexibility index (Phi) is 4.67. The second kappa shape index (κ2) is 4.90. The lowest BCUT2D eigenvalue weighted by Crippen LogP contribution is -2.39. The van der Waals surface area contributed by atoms with Crippen LogP contribution in [0.1, 0.15) is 20.8 Å². The van der Waals surface area contributed by atoms with Gasteiger partial charge in [-0.25, -0.2) is 9.36 Å². The summed E-state index contributed by atoms with van der Waals surface area (Å²) in [6.07, 6.45) is 0.0219. The van der Waals surface area contributed by atoms with E-state index in [1.807, 2.05) is 0 Å². The lowest BCUT2D eigenvalue weighted by Gasteiger charge is -2.30. The zero-order valence-electron chi connectivity index (χ0n) is 8.84. The summed E-state index contributed by atoms with van der Waals surface area (Å²) >= 11 is 0. The Balaban J connectivity index is 4.51. The molecule has 0 aromatic heterocycles. The molecule has 0 bridgehead atoms. The minimum atomic E-state index is -4.59. The molecule has 0 saturated carbocycles. The van der Waals surface area contributed by atoms with E-state index in [0.717, 1.165) is 6.08 Å². The van der Waals surface area contributed by atoms with Gasteiger partial charge in [0.15, 0.2) is 0 Å². The molecule has 0 aliphatic rings. The van der Waals surface area contributed by atoms with Crippen LogP contribution in [0.4, 0.5) is 0 Å². The smallest absolute Gasteiger partial charge is 0.454 e. The van der Waals surface area contributed by atoms with E-state index in [0.29, 0.717) is 0 Å². The minimum absolute atomic E-state index is 0.679. The molecule has 0 amide bonds. The molecule has 0 heterocycles. The fourth-order valence-electron chi connectivity index (χ4n) is 0.717. The van der Waals surface area contributed by atoms with Crippen molar-refractivity contribution in [1.82, 2.24) is 0 Å². The lowest BCUT2D eigenvalue weighted by molar-refractivity contribution is -0.159. The lowest BCUT2D eigenvalue weighted by atomic mass is 10.0. The third-order valence-corrected chi connectivity index (χ3v) is 2.40. The van der Waals surface area contributed by atoms with Crippen LogP contribution >= 0.6 is 7.82 Å². The average Bonchev–Trinajstić information content (AvgIpc) is 2.00. The molecule has 0 fully saturated rings. The van der Waals surface area contributed by atoms with Crippen molar-refractivity contribution < 1.29 is 28.4 Å². The first kappa shape index (κ1) is 14.3. The van der Waals surface area contributed by atoms with Gasteiger partial charge in [-0.1, -0.05) is 6.58 Å². The molecule has 7 heteroatoms. The highest BCUT2D eigenvalue weighted by Gasteiger charge is 2.34. The van der Waals surface area contributed by atoms with Gasteiger partial charge in [0.25, 0.3) is 0 Å². The van der Waals surface area contributed by atoms with E-state index in [4.69, 9.17) is 14.5 Å². The molecular weight excluding hydrogens is 223 g/mol. The fourth-order valence-corrected chi connectivity index (χ4v) is 1.38. The van der Waals surface area contributed by atoms with Crippen LogP contribution in [0.25, 0.3) is 0 Å². The van der Waals surface area contributed by atoms with Gasteiger partial charge in [0.2, 0.25) is 0 Å². The van der Waals surface area contributed by atoms with Gasteiger partial charge in [-0.05, 0) is 20.8 Å². The maximum Gasteiger partial charge on any atom is 0.469 e. The number of esters is 1. The van der Waals surface area contributed by atoms with Crippen molar-refractivity contribution in [2.24, 2.45) is 0 Å². The van der Waals surface area contributed by atoms with Gasteiger partial charge < -0.3 is 14.5 Å². The number of phosphoric acid groups is 1. The molecule has 0 rings (SSSR count). The highest BCUT2D eigenvalue weighted by molar-refractivity contribution is 7.46. The maximum atomic E-state index is 10.9. The fraction of sp³-hybridized carbons (Fsp3) is 0.625. The highest BCUT2D eigenvalue weighted by atomic mass is 31.2. The summed E-state index contributed by atoms with van der Waals surface area (Å²) in [5.74, 6) is -0.679. The zero-order valence-corrected chi connectivity index (χ0v) is 9.73. The summed E-state index contributed by atoms with van der Waals surface area (Å²) in [6.45, 7) is 7.57. The van der Waals surface area contributed by atoms with E-state index in [2.05, 4.69) is 11.1 Å². The standard InChI is InChI=1S/C8H15O6P/c1-5-7(9)13-8(3,4)6(2)14-15(10,11)12/h5-6H,1H2,2-4H3,(H2,10,11,12). The molecule has 0 radical (unpaired) electrons. The molecule has 2 N–H and O–H groups in total. The van der Waals surface area contributed by atoms with Gasteiger partial charge in [-0.2, -0.15) is 0 Å². The Morgan fingerprint density at radius 1 is 1.53 bits per heavy atom. The summed E-state index contributed by atoms with van der Waals surface area (Å²) in [6, 6.07) is 0. The second-order valence-electron chi connectivity index (χ2n) is 3.47. The van der Waals surface area contributed by atoms with Crippen molar-refractivity contribution in [3.63, 3.8) is 0 Å². The van der Waals surface area contributed by atoms with Crippen molar-refractivity contribution in [2.45, 2.75) is 32.5 Å². The Morgan fingerprint density at radius 2 is 2.00 bits per heavy atom. The molecule has 0 aromatic carbocycles. The van der Waals surface area contributed by atoms with E-state index >= 15 is 0 Å². The molecule has 0 aromatic rings. The van der Waals surface area contributed by atoms with Gasteiger partial charge in [0.05, 0.1) is 0 Å². The van der Waals surface area contributed by atoms with Crippen molar-refractivity contribution in [1.29, 1.82) is 0 Å². The number of carbonyl (C=O) groups excluding carboxylic acids is 1. The quantitative estimate of drug-likeness (QED) is 0.421. The molecule has 0 aliphatic carbocycles. The summed E-state index contributed by atoms with van der Waals surface area (Å²) in [7, 11) is -4.59. The molecule has 88 valence electrons. The molecule has 0 spiro atoms. The molecule has 15 heavy (non-hydrogen) atoms. The van der Waals surface area contributed by atoms with Gasteiger partial charge >= 0.3 is 13.8 Å². The number of hydrogen-bond donors (Lipinski definition) is 2. The largest absolute Gasteiger partial charge is 0.469 e. The minimum Gasteiger partial charge on any atom is -0.454 e. The van der Waals surface area contributed by atoms with Crippen molar-refractivity contribution in [3.05, 3.63) is 12.7 Å². The van der Waals surface area contributed by atoms with E-state index in [9.17, 15) is 9.36 Å². The van der Waals surface area contributed by atoms with E-state index < -0.39 is 25.5 Å². The zero-order chi connectivity index (χ0) is 12.3. The van der Waals surface area contributed by atoms with E-state index in [-0.39, 0.29) is 0 Å². The second-order valence-corrected chi connectivity index (χ2v) is 4.66. The maximum absolute atomic E-state index is 10.9. The van der Waals surface area contributed by atoms with Crippen molar-refractivity contribution in [2.75, 3.05) is 0 Å². The van der Waals surface area contributed by atoms with Crippen molar-refractivity contribution in [3.8, 4) is 0 Å². The first-order valence-electron chi connectivity index (χ1n) is 4.18. The number of rotatable bonds is 5. The normalized spacial score (nSPS) is 14.5. The van der Waals surface area contributed by atoms with Crippen LogP contribution in [0.3, 0.4) is 0 Å². The molecule has 6 nitrogen and oxygen atoms in total. The summed E-state index contributed by atoms with van der Waals surface area (Å²) in [4.78, 5) is 28.0. The molecule has 1 unspecified atom stereocenters. The summed E-state index contributed by atoms with van der Waals surface area (Å²) in [5, 5.41) is 0. The molecular formula is C8H15O6P. The Labute approximate surface area is 88.1 Å². The monoisotopic (exact) mass is 238 g/mol. The Morgan fingerprint density at radius 3 is 2.33 bits per heavy atom. The Hall–Kier alpha value is -0.680. The van der Waals surface area contributed by atoms with Gasteiger partial charge in [0.1, 0.15) is 11.7 Å². The highest BCUT2D eigenvalue weighted by Crippen LogP contribution is 2.40. The van der Waals surface area contributed by atoms with Gasteiger partial charge in [-0.3, -0.25) is 4.52 Å². The van der Waals surface area contributed by atoms with E-state index in [1.165, 1.54) is 20.8 Å². The summed E-state index contributed by atoms with van der Waals surface area (Å²) < 4.78 is 19.8. The predicted octanol–water partition coefficient (Wildman–Crippen LogP) is 0.992. The first-order chi connectivity index (χ1) is 6.58. The van der Waals surface area contributed by atoms with E-state index in [1.54, 1.807) is 0 Å². The third kappa shape index (κ3) is 5.69. The van der Waals surface area contributed by atoms with Crippen LogP contribution in [0, 0.1) is 0 Å². The molecule has 1 atom stereocenters. The molecule has 0 saturated heterocycles. The Bertz CT molecular complexity index is 292. The van der Waals surface area contributed by atoms with Crippen LogP contribution in [0.5, 0.6) is 0 Å². The number of hydrogen-bond acceptors (Lipinski definition) is 4. The average molecular weight is 238 g/mol. The van der Waals surface area contributed by atoms with Crippen LogP contribution < -0.4 is 0 Å².